The van der Waals surface area contributed by atoms with Crippen LogP contribution in [-0.2, 0) is 0 Å². The second kappa shape index (κ2) is 1.99. The van der Waals surface area contributed by atoms with E-state index in [0.29, 0.717) is 5.84 Å². The second-order valence-corrected chi connectivity index (χ2v) is 2.00. The van der Waals surface area contributed by atoms with Crippen LogP contribution in [0.4, 0.5) is 0 Å². The normalized spacial score (nSPS) is 19.6. The summed E-state index contributed by atoms with van der Waals surface area (Å²) in [6.45, 7) is 0.902. The topological polar surface area (TPSA) is 27.1 Å². The fourth-order valence-corrected chi connectivity index (χ4v) is 0.694. The van der Waals surface area contributed by atoms with Gasteiger partial charge in [-0.15, -0.1) is 0 Å². The Labute approximate surface area is 49.3 Å². The van der Waals surface area contributed by atoms with Crippen molar-refractivity contribution in [1.29, 1.82) is 5.41 Å². The molecule has 0 saturated carbocycles. The summed E-state index contributed by atoms with van der Waals surface area (Å²) in [6, 6.07) is 0. The molecule has 1 heterocycles. The molecule has 8 heavy (non-hydrogen) atoms. The van der Waals surface area contributed by atoms with Crippen LogP contribution in [0.15, 0.2) is 12.2 Å². The van der Waals surface area contributed by atoms with Crippen LogP contribution in [-0.4, -0.2) is 24.3 Å². The number of likely N-dealkylation sites (N-methyl/N-ethyl adjacent to an activating group) is 1. The molecule has 0 aromatic carbocycles. The maximum atomic E-state index is 7.27. The van der Waals surface area contributed by atoms with Crippen LogP contribution in [0.2, 0.25) is 0 Å². The van der Waals surface area contributed by atoms with Crippen LogP contribution < -0.4 is 0 Å². The average molecular weight is 110 g/mol. The highest BCUT2D eigenvalue weighted by Crippen LogP contribution is 1.98. The molecule has 1 aliphatic heterocycles. The number of hydrogen-bond donors (Lipinski definition) is 1. The molecule has 0 aromatic heterocycles. The van der Waals surface area contributed by atoms with Crippen molar-refractivity contribution in [3.8, 4) is 0 Å². The Balaban J connectivity index is 2.57. The summed E-state index contributed by atoms with van der Waals surface area (Å²) in [7, 11) is 1.94. The van der Waals surface area contributed by atoms with Gasteiger partial charge in [0.1, 0.15) is 0 Å². The van der Waals surface area contributed by atoms with Crippen molar-refractivity contribution in [2.75, 3.05) is 13.6 Å². The van der Waals surface area contributed by atoms with E-state index in [1.54, 1.807) is 0 Å². The summed E-state index contributed by atoms with van der Waals surface area (Å²) in [5.41, 5.74) is 0. The molecule has 0 fully saturated rings. The van der Waals surface area contributed by atoms with Crippen molar-refractivity contribution >= 4 is 5.84 Å². The van der Waals surface area contributed by atoms with Crippen molar-refractivity contribution in [2.45, 2.75) is 6.42 Å². The van der Waals surface area contributed by atoms with Gasteiger partial charge in [0.2, 0.25) is 0 Å². The molecule has 1 N–H and O–H groups in total. The Kier molecular flexibility index (Phi) is 1.33. The van der Waals surface area contributed by atoms with E-state index in [9.17, 15) is 0 Å². The lowest BCUT2D eigenvalue weighted by atomic mass is 10.2. The molecule has 0 aliphatic carbocycles. The van der Waals surface area contributed by atoms with E-state index in [-0.39, 0.29) is 0 Å². The quantitative estimate of drug-likeness (QED) is 0.460. The highest BCUT2D eigenvalue weighted by molar-refractivity contribution is 5.81. The Hall–Kier alpha value is -0.790. The molecule has 2 nitrogen and oxygen atoms in total. The zero-order valence-electron chi connectivity index (χ0n) is 5.02. The molecule has 0 unspecified atom stereocenters. The predicted molar refractivity (Wildman–Crippen MR) is 34.1 cm³/mol. The van der Waals surface area contributed by atoms with Crippen molar-refractivity contribution < 1.29 is 0 Å². The monoisotopic (exact) mass is 110 g/mol. The molecular formula is C6H10N2. The van der Waals surface area contributed by atoms with Crippen molar-refractivity contribution in [2.24, 2.45) is 0 Å². The summed E-state index contributed by atoms with van der Waals surface area (Å²) in [4.78, 5) is 1.93. The summed E-state index contributed by atoms with van der Waals surface area (Å²) in [6.07, 6.45) is 4.91. The lowest BCUT2D eigenvalue weighted by Crippen LogP contribution is -2.27. The molecule has 0 amide bonds. The molecule has 0 saturated heterocycles. The van der Waals surface area contributed by atoms with Gasteiger partial charge in [0, 0.05) is 20.0 Å². The lowest BCUT2D eigenvalue weighted by Gasteiger charge is -2.19. The molecule has 0 atom stereocenters. The Morgan fingerprint density at radius 3 is 2.75 bits per heavy atom. The zero-order valence-corrected chi connectivity index (χ0v) is 5.02. The highest BCUT2D eigenvalue weighted by atomic mass is 15.1. The number of amidine groups is 1. The first-order valence-electron chi connectivity index (χ1n) is 2.74. The van der Waals surface area contributed by atoms with Crippen LogP contribution in [0.5, 0.6) is 0 Å². The maximum Gasteiger partial charge on any atom is 0.0996 e. The third-order valence-corrected chi connectivity index (χ3v) is 1.32. The van der Waals surface area contributed by atoms with Gasteiger partial charge in [0.25, 0.3) is 0 Å². The first-order valence-corrected chi connectivity index (χ1v) is 2.74. The standard InChI is InChI=1S/C6H10N2/c1-8-5-3-2-4-6(8)7/h2-3,7H,4-5H2,1H3. The van der Waals surface area contributed by atoms with Crippen molar-refractivity contribution in [1.82, 2.24) is 4.90 Å². The first kappa shape index (κ1) is 5.35. The lowest BCUT2D eigenvalue weighted by molar-refractivity contribution is 0.540. The third kappa shape index (κ3) is 0.886. The van der Waals surface area contributed by atoms with E-state index in [1.165, 1.54) is 0 Å². The molecule has 1 rings (SSSR count). The van der Waals surface area contributed by atoms with Crippen LogP contribution in [0.3, 0.4) is 0 Å². The summed E-state index contributed by atoms with van der Waals surface area (Å²) < 4.78 is 0. The van der Waals surface area contributed by atoms with Gasteiger partial charge in [-0.3, -0.25) is 5.41 Å². The van der Waals surface area contributed by atoms with Crippen LogP contribution in [0, 0.1) is 5.41 Å². The van der Waals surface area contributed by atoms with Crippen LogP contribution in [0.25, 0.3) is 0 Å². The van der Waals surface area contributed by atoms with Gasteiger partial charge in [0.05, 0.1) is 5.84 Å². The molecule has 0 spiro atoms. The van der Waals surface area contributed by atoms with E-state index < -0.39 is 0 Å². The smallest absolute Gasteiger partial charge is 0.0996 e. The summed E-state index contributed by atoms with van der Waals surface area (Å²) in [5, 5.41) is 7.27. The summed E-state index contributed by atoms with van der Waals surface area (Å²) >= 11 is 0. The number of nitrogens with one attached hydrogen (secondary N) is 1. The van der Waals surface area contributed by atoms with Gasteiger partial charge in [-0.2, -0.15) is 0 Å². The van der Waals surface area contributed by atoms with Gasteiger partial charge in [-0.1, -0.05) is 12.2 Å². The molecule has 0 bridgehead atoms. The van der Waals surface area contributed by atoms with E-state index in [1.807, 2.05) is 18.0 Å². The Morgan fingerprint density at radius 1 is 1.62 bits per heavy atom. The highest BCUT2D eigenvalue weighted by Gasteiger charge is 2.02. The number of hydrogen-bond acceptors (Lipinski definition) is 1. The van der Waals surface area contributed by atoms with Gasteiger partial charge in [-0.25, -0.2) is 0 Å². The van der Waals surface area contributed by atoms with Crippen molar-refractivity contribution in [3.05, 3.63) is 12.2 Å². The minimum atomic E-state index is 0.715. The molecule has 1 aliphatic rings. The summed E-state index contributed by atoms with van der Waals surface area (Å²) in [5.74, 6) is 0.715. The molecule has 0 aromatic rings. The van der Waals surface area contributed by atoms with E-state index >= 15 is 0 Å². The van der Waals surface area contributed by atoms with E-state index in [0.717, 1.165) is 13.0 Å². The second-order valence-electron chi connectivity index (χ2n) is 2.00. The fourth-order valence-electron chi connectivity index (χ4n) is 0.694. The predicted octanol–water partition coefficient (Wildman–Crippen LogP) is 0.855. The SMILES string of the molecule is CN1CC=CCC1=N. The van der Waals surface area contributed by atoms with Crippen LogP contribution >= 0.6 is 0 Å². The van der Waals surface area contributed by atoms with E-state index in [4.69, 9.17) is 5.41 Å². The van der Waals surface area contributed by atoms with Crippen molar-refractivity contribution in [3.63, 3.8) is 0 Å². The van der Waals surface area contributed by atoms with Gasteiger partial charge >= 0.3 is 0 Å². The number of rotatable bonds is 0. The average Bonchev–Trinajstić information content (AvgIpc) is 1.77. The van der Waals surface area contributed by atoms with Gasteiger partial charge < -0.3 is 4.90 Å². The van der Waals surface area contributed by atoms with E-state index in [2.05, 4.69) is 6.08 Å². The molecule has 0 radical (unpaired) electrons. The Bertz CT molecular complexity index is 126. The Morgan fingerprint density at radius 2 is 2.38 bits per heavy atom. The minimum Gasteiger partial charge on any atom is -0.360 e. The zero-order chi connectivity index (χ0) is 5.98. The minimum absolute atomic E-state index is 0.715. The first-order chi connectivity index (χ1) is 3.80. The molecule has 2 heteroatoms. The third-order valence-electron chi connectivity index (χ3n) is 1.32. The fraction of sp³-hybridized carbons (Fsp3) is 0.500. The number of nitrogens with zero attached hydrogens (tertiary/aromatic N) is 1. The van der Waals surface area contributed by atoms with Crippen LogP contribution in [0.1, 0.15) is 6.42 Å². The van der Waals surface area contributed by atoms with Gasteiger partial charge in [-0.05, 0) is 0 Å². The molecular weight excluding hydrogens is 100 g/mol. The molecule has 44 valence electrons. The maximum absolute atomic E-state index is 7.27. The van der Waals surface area contributed by atoms with Gasteiger partial charge in [0.15, 0.2) is 0 Å². The largest absolute Gasteiger partial charge is 0.360 e.